The molecule has 0 saturated carbocycles. The van der Waals surface area contributed by atoms with Gasteiger partial charge in [-0.1, -0.05) is 24.3 Å². The maximum absolute atomic E-state index is 13.2. The Balaban J connectivity index is 1.46. The number of nitrogens with one attached hydrogen (secondary N) is 1. The highest BCUT2D eigenvalue weighted by molar-refractivity contribution is 5.81. The van der Waals surface area contributed by atoms with Crippen molar-refractivity contribution in [3.05, 3.63) is 65.1 Å². The van der Waals surface area contributed by atoms with Crippen molar-refractivity contribution in [1.29, 1.82) is 0 Å². The van der Waals surface area contributed by atoms with E-state index in [1.807, 2.05) is 38.1 Å². The summed E-state index contributed by atoms with van der Waals surface area (Å²) >= 11 is 0. The summed E-state index contributed by atoms with van der Waals surface area (Å²) in [6, 6.07) is 9.90. The maximum Gasteiger partial charge on any atom is 0.417 e. The number of hydrogen-bond donors (Lipinski definition) is 1. The highest BCUT2D eigenvalue weighted by atomic mass is 19.4. The van der Waals surface area contributed by atoms with E-state index in [1.54, 1.807) is 0 Å². The zero-order valence-electron chi connectivity index (χ0n) is 18.1. The van der Waals surface area contributed by atoms with Crippen molar-refractivity contribution in [3.63, 3.8) is 0 Å². The lowest BCUT2D eigenvalue weighted by Gasteiger charge is -2.35. The van der Waals surface area contributed by atoms with Gasteiger partial charge in [0.1, 0.15) is 5.82 Å². The van der Waals surface area contributed by atoms with Crippen LogP contribution in [0.5, 0.6) is 0 Å². The SMILES string of the molecule is Cc1ccccc1CNC(=O)C(C)N1CCCC(c2nnc3ccc(C(F)(F)F)cn23)C1. The minimum Gasteiger partial charge on any atom is -0.351 e. The first-order valence-electron chi connectivity index (χ1n) is 10.7. The van der Waals surface area contributed by atoms with Crippen molar-refractivity contribution in [2.45, 2.75) is 51.4 Å². The lowest BCUT2D eigenvalue weighted by atomic mass is 9.96. The first-order chi connectivity index (χ1) is 15.2. The topological polar surface area (TPSA) is 62.5 Å². The molecular formula is C23H26F3N5O. The standard InChI is InChI=1S/C23H26F3N5O/c1-15-6-3-4-7-17(15)12-27-22(32)16(2)30-11-5-8-18(13-30)21-29-28-20-10-9-19(14-31(20)21)23(24,25)26/h3-4,6-7,9-10,14,16,18H,5,8,11-13H2,1-2H3,(H,27,32). The van der Waals surface area contributed by atoms with Crippen molar-refractivity contribution < 1.29 is 18.0 Å². The van der Waals surface area contributed by atoms with Crippen LogP contribution in [0.2, 0.25) is 0 Å². The van der Waals surface area contributed by atoms with Gasteiger partial charge in [-0.3, -0.25) is 14.1 Å². The van der Waals surface area contributed by atoms with Crippen LogP contribution in [0.25, 0.3) is 5.65 Å². The summed E-state index contributed by atoms with van der Waals surface area (Å²) in [6.45, 7) is 5.62. The predicted octanol–water partition coefficient (Wildman–Crippen LogP) is 3.94. The number of piperidine rings is 1. The molecule has 9 heteroatoms. The largest absolute Gasteiger partial charge is 0.417 e. The number of pyridine rings is 1. The van der Waals surface area contributed by atoms with Gasteiger partial charge in [-0.05, 0) is 56.5 Å². The lowest BCUT2D eigenvalue weighted by molar-refractivity contribution is -0.137. The summed E-state index contributed by atoms with van der Waals surface area (Å²) in [5.41, 5.74) is 1.84. The average molecular weight is 445 g/mol. The van der Waals surface area contributed by atoms with Gasteiger partial charge in [0.2, 0.25) is 5.91 Å². The number of nitrogens with zero attached hydrogens (tertiary/aromatic N) is 4. The van der Waals surface area contributed by atoms with E-state index >= 15 is 0 Å². The first-order valence-corrected chi connectivity index (χ1v) is 10.7. The second kappa shape index (κ2) is 8.90. The van der Waals surface area contributed by atoms with E-state index in [-0.39, 0.29) is 17.9 Å². The van der Waals surface area contributed by atoms with Gasteiger partial charge < -0.3 is 5.32 Å². The van der Waals surface area contributed by atoms with Crippen molar-refractivity contribution in [2.24, 2.45) is 0 Å². The Hall–Kier alpha value is -2.94. The summed E-state index contributed by atoms with van der Waals surface area (Å²) in [7, 11) is 0. The fourth-order valence-corrected chi connectivity index (χ4v) is 4.23. The molecule has 170 valence electrons. The van der Waals surface area contributed by atoms with Crippen LogP contribution in [0.4, 0.5) is 13.2 Å². The second-order valence-corrected chi connectivity index (χ2v) is 8.36. The summed E-state index contributed by atoms with van der Waals surface area (Å²) < 4.78 is 40.9. The molecule has 2 aromatic heterocycles. The number of halogens is 3. The van der Waals surface area contributed by atoms with Crippen LogP contribution in [-0.2, 0) is 17.5 Å². The number of benzene rings is 1. The Morgan fingerprint density at radius 2 is 2.00 bits per heavy atom. The van der Waals surface area contributed by atoms with E-state index in [0.717, 1.165) is 42.8 Å². The molecule has 1 N–H and O–H groups in total. The Bertz CT molecular complexity index is 1110. The zero-order valence-corrected chi connectivity index (χ0v) is 18.1. The minimum atomic E-state index is -4.43. The van der Waals surface area contributed by atoms with Crippen LogP contribution in [0.3, 0.4) is 0 Å². The Morgan fingerprint density at radius 1 is 1.22 bits per heavy atom. The van der Waals surface area contributed by atoms with Crippen molar-refractivity contribution in [2.75, 3.05) is 13.1 Å². The van der Waals surface area contributed by atoms with Gasteiger partial charge in [0.25, 0.3) is 0 Å². The van der Waals surface area contributed by atoms with Gasteiger partial charge in [0.05, 0.1) is 11.6 Å². The molecule has 0 bridgehead atoms. The number of aryl methyl sites for hydroxylation is 1. The van der Waals surface area contributed by atoms with E-state index in [2.05, 4.69) is 20.4 Å². The average Bonchev–Trinajstić information content (AvgIpc) is 3.21. The third-order valence-corrected chi connectivity index (χ3v) is 6.22. The number of alkyl halides is 3. The molecule has 32 heavy (non-hydrogen) atoms. The van der Waals surface area contributed by atoms with Crippen LogP contribution in [-0.4, -0.2) is 44.5 Å². The van der Waals surface area contributed by atoms with Gasteiger partial charge in [0.15, 0.2) is 5.65 Å². The molecule has 4 rings (SSSR count). The van der Waals surface area contributed by atoms with Gasteiger partial charge in [-0.15, -0.1) is 10.2 Å². The Labute approximate surface area is 184 Å². The van der Waals surface area contributed by atoms with Crippen LogP contribution < -0.4 is 5.32 Å². The molecule has 1 aromatic carbocycles. The number of likely N-dealkylation sites (tertiary alicyclic amines) is 1. The molecule has 1 fully saturated rings. The summed E-state index contributed by atoms with van der Waals surface area (Å²) in [6.07, 6.45) is -1.76. The lowest BCUT2D eigenvalue weighted by Crippen LogP contribution is -2.48. The third-order valence-electron chi connectivity index (χ3n) is 6.22. The first kappa shape index (κ1) is 22.3. The van der Waals surface area contributed by atoms with Crippen molar-refractivity contribution in [1.82, 2.24) is 24.8 Å². The summed E-state index contributed by atoms with van der Waals surface area (Å²) in [5.74, 6) is 0.330. The predicted molar refractivity (Wildman–Crippen MR) is 114 cm³/mol. The molecular weight excluding hydrogens is 419 g/mol. The molecule has 3 heterocycles. The minimum absolute atomic E-state index is 0.0700. The molecule has 0 radical (unpaired) electrons. The number of amides is 1. The third kappa shape index (κ3) is 4.62. The van der Waals surface area contributed by atoms with Crippen molar-refractivity contribution >= 4 is 11.6 Å². The van der Waals surface area contributed by atoms with Crippen LogP contribution in [0, 0.1) is 6.92 Å². The summed E-state index contributed by atoms with van der Waals surface area (Å²) in [4.78, 5) is 14.8. The van der Waals surface area contributed by atoms with Crippen LogP contribution >= 0.6 is 0 Å². The number of fused-ring (bicyclic) bond motifs is 1. The van der Waals surface area contributed by atoms with E-state index in [4.69, 9.17) is 0 Å². The zero-order chi connectivity index (χ0) is 22.9. The van der Waals surface area contributed by atoms with E-state index in [1.165, 1.54) is 10.5 Å². The van der Waals surface area contributed by atoms with Gasteiger partial charge in [-0.25, -0.2) is 0 Å². The number of rotatable bonds is 5. The van der Waals surface area contributed by atoms with E-state index in [0.29, 0.717) is 24.6 Å². The molecule has 3 aromatic rings. The number of hydrogen-bond acceptors (Lipinski definition) is 4. The highest BCUT2D eigenvalue weighted by Crippen LogP contribution is 2.31. The number of carbonyl (C=O) groups excluding carboxylic acids is 1. The monoisotopic (exact) mass is 445 g/mol. The number of carbonyl (C=O) groups is 1. The molecule has 0 spiro atoms. The molecule has 1 aliphatic rings. The van der Waals surface area contributed by atoms with Crippen LogP contribution in [0.15, 0.2) is 42.6 Å². The fraction of sp³-hybridized carbons (Fsp3) is 0.435. The molecule has 1 amide bonds. The normalized spacial score (nSPS) is 18.6. The van der Waals surface area contributed by atoms with Gasteiger partial charge >= 0.3 is 6.18 Å². The fourth-order valence-electron chi connectivity index (χ4n) is 4.23. The summed E-state index contributed by atoms with van der Waals surface area (Å²) in [5, 5.41) is 11.2. The molecule has 2 unspecified atom stereocenters. The van der Waals surface area contributed by atoms with Crippen LogP contribution in [0.1, 0.15) is 48.2 Å². The molecule has 1 saturated heterocycles. The molecule has 2 atom stereocenters. The Morgan fingerprint density at radius 3 is 2.75 bits per heavy atom. The molecule has 1 aliphatic heterocycles. The second-order valence-electron chi connectivity index (χ2n) is 8.36. The quantitative estimate of drug-likeness (QED) is 0.646. The van der Waals surface area contributed by atoms with E-state index in [9.17, 15) is 18.0 Å². The maximum atomic E-state index is 13.2. The number of aromatic nitrogens is 3. The van der Waals surface area contributed by atoms with E-state index < -0.39 is 11.7 Å². The van der Waals surface area contributed by atoms with Crippen molar-refractivity contribution in [3.8, 4) is 0 Å². The smallest absolute Gasteiger partial charge is 0.351 e. The van der Waals surface area contributed by atoms with Gasteiger partial charge in [0, 0.05) is 25.2 Å². The Kier molecular flexibility index (Phi) is 6.19. The van der Waals surface area contributed by atoms with Gasteiger partial charge in [-0.2, -0.15) is 13.2 Å². The molecule has 6 nitrogen and oxygen atoms in total. The highest BCUT2D eigenvalue weighted by Gasteiger charge is 2.33. The molecule has 0 aliphatic carbocycles.